The van der Waals surface area contributed by atoms with Crippen LogP contribution in [0.1, 0.15) is 13.8 Å². The molecule has 0 spiro atoms. The normalized spacial score (nSPS) is 12.4. The number of halogens is 1. The predicted octanol–water partition coefficient (Wildman–Crippen LogP) is 0.980. The van der Waals surface area contributed by atoms with Crippen LogP contribution in [0.4, 0.5) is 0 Å². The van der Waals surface area contributed by atoms with Crippen LogP contribution in [0.15, 0.2) is 0 Å². The van der Waals surface area contributed by atoms with E-state index in [1.54, 1.807) is 13.8 Å². The molecule has 0 aliphatic carbocycles. The van der Waals surface area contributed by atoms with E-state index in [1.165, 1.54) is 0 Å². The van der Waals surface area contributed by atoms with Crippen LogP contribution in [-0.2, 0) is 14.3 Å². The molecular formula is C5H11ClO3S. The Morgan fingerprint density at radius 3 is 2.30 bits per heavy atom. The highest BCUT2D eigenvalue weighted by atomic mass is 35.5. The topological polar surface area (TPSA) is 43.4 Å². The van der Waals surface area contributed by atoms with Gasteiger partial charge in [0.15, 0.2) is 0 Å². The fourth-order valence-electron chi connectivity index (χ4n) is 0.284. The summed E-state index contributed by atoms with van der Waals surface area (Å²) in [6, 6.07) is 0. The zero-order valence-electron chi connectivity index (χ0n) is 6.00. The molecule has 62 valence electrons. The molecule has 5 heteroatoms. The largest absolute Gasteiger partial charge is 0.269 e. The van der Waals surface area contributed by atoms with Crippen molar-refractivity contribution in [1.29, 1.82) is 0 Å². The lowest BCUT2D eigenvalue weighted by Crippen LogP contribution is -2.17. The second-order valence-corrected chi connectivity index (χ2v) is 4.59. The highest BCUT2D eigenvalue weighted by Crippen LogP contribution is 2.01. The lowest BCUT2D eigenvalue weighted by Gasteiger charge is -2.05. The van der Waals surface area contributed by atoms with Crippen LogP contribution in [0.5, 0.6) is 0 Å². The van der Waals surface area contributed by atoms with E-state index in [0.717, 1.165) is 0 Å². The molecule has 0 unspecified atom stereocenters. The molecule has 0 fully saturated rings. The van der Waals surface area contributed by atoms with E-state index in [9.17, 15) is 8.42 Å². The maximum Gasteiger partial charge on any atom is 0.269 e. The summed E-state index contributed by atoms with van der Waals surface area (Å²) in [6.45, 7) is 3.18. The number of alkyl halides is 1. The summed E-state index contributed by atoms with van der Waals surface area (Å²) in [5.74, 6) is 0.200. The van der Waals surface area contributed by atoms with Crippen molar-refractivity contribution in [2.24, 2.45) is 0 Å². The van der Waals surface area contributed by atoms with Gasteiger partial charge in [-0.05, 0) is 13.8 Å². The van der Waals surface area contributed by atoms with Crippen molar-refractivity contribution in [1.82, 2.24) is 0 Å². The Balaban J connectivity index is 3.90. The zero-order chi connectivity index (χ0) is 8.20. The molecule has 0 bridgehead atoms. The van der Waals surface area contributed by atoms with Crippen LogP contribution in [0.3, 0.4) is 0 Å². The molecule has 0 atom stereocenters. The molecule has 0 heterocycles. The molecule has 0 rings (SSSR count). The second kappa shape index (κ2) is 4.16. The molecular weight excluding hydrogens is 176 g/mol. The summed E-state index contributed by atoms with van der Waals surface area (Å²) >= 11 is 5.22. The summed E-state index contributed by atoms with van der Waals surface area (Å²) in [5.41, 5.74) is 0. The van der Waals surface area contributed by atoms with Crippen molar-refractivity contribution < 1.29 is 12.6 Å². The average Bonchev–Trinajstić information content (AvgIpc) is 1.84. The fraction of sp³-hybridized carbons (Fsp3) is 1.00. The Morgan fingerprint density at radius 2 is 2.00 bits per heavy atom. The van der Waals surface area contributed by atoms with Gasteiger partial charge in [0, 0.05) is 5.88 Å². The molecule has 0 aromatic heterocycles. The van der Waals surface area contributed by atoms with E-state index in [1.807, 2.05) is 0 Å². The maximum atomic E-state index is 10.8. The van der Waals surface area contributed by atoms with Gasteiger partial charge in [-0.1, -0.05) is 0 Å². The zero-order valence-corrected chi connectivity index (χ0v) is 7.57. The van der Waals surface area contributed by atoms with Crippen molar-refractivity contribution in [3.8, 4) is 0 Å². The quantitative estimate of drug-likeness (QED) is 0.486. The van der Waals surface area contributed by atoms with Gasteiger partial charge in [0.2, 0.25) is 0 Å². The molecule has 0 amide bonds. The Hall–Kier alpha value is 0.200. The van der Waals surface area contributed by atoms with Crippen LogP contribution in [0.25, 0.3) is 0 Å². The lowest BCUT2D eigenvalue weighted by molar-refractivity contribution is 0.335. The van der Waals surface area contributed by atoms with E-state index in [2.05, 4.69) is 4.18 Å². The second-order valence-electron chi connectivity index (χ2n) is 2.05. The van der Waals surface area contributed by atoms with E-state index in [4.69, 9.17) is 11.6 Å². The van der Waals surface area contributed by atoms with Crippen molar-refractivity contribution >= 4 is 21.7 Å². The number of rotatable bonds is 4. The van der Waals surface area contributed by atoms with E-state index in [0.29, 0.717) is 0 Å². The minimum Gasteiger partial charge on any atom is -0.269 e. The predicted molar refractivity (Wildman–Crippen MR) is 40.7 cm³/mol. The number of hydrogen-bond donors (Lipinski definition) is 0. The smallest absolute Gasteiger partial charge is 0.269 e. The maximum absolute atomic E-state index is 10.8. The molecule has 0 saturated carbocycles. The Bertz CT molecular complexity index is 173. The third kappa shape index (κ3) is 3.39. The van der Waals surface area contributed by atoms with Crippen molar-refractivity contribution in [2.75, 3.05) is 12.5 Å². The molecule has 3 nitrogen and oxygen atoms in total. The third-order valence-electron chi connectivity index (χ3n) is 0.902. The van der Waals surface area contributed by atoms with Gasteiger partial charge in [-0.25, -0.2) is 0 Å². The first kappa shape index (κ1) is 10.2. The van der Waals surface area contributed by atoms with Gasteiger partial charge in [0.05, 0.1) is 11.9 Å². The monoisotopic (exact) mass is 186 g/mol. The van der Waals surface area contributed by atoms with Gasteiger partial charge in [-0.3, -0.25) is 4.18 Å². The van der Waals surface area contributed by atoms with Crippen LogP contribution >= 0.6 is 11.6 Å². The van der Waals surface area contributed by atoms with Gasteiger partial charge in [0.1, 0.15) is 0 Å². The van der Waals surface area contributed by atoms with Crippen LogP contribution in [-0.4, -0.2) is 26.2 Å². The van der Waals surface area contributed by atoms with Crippen LogP contribution in [0.2, 0.25) is 0 Å². The highest BCUT2D eigenvalue weighted by molar-refractivity contribution is 7.87. The SMILES string of the molecule is CC(C)S(=O)(=O)OCCCl. The highest BCUT2D eigenvalue weighted by Gasteiger charge is 2.15. The molecule has 0 saturated heterocycles. The van der Waals surface area contributed by atoms with E-state index >= 15 is 0 Å². The van der Waals surface area contributed by atoms with Crippen molar-refractivity contribution in [3.05, 3.63) is 0 Å². The molecule has 0 aliphatic rings. The summed E-state index contributed by atoms with van der Waals surface area (Å²) in [6.07, 6.45) is 0. The average molecular weight is 187 g/mol. The van der Waals surface area contributed by atoms with Gasteiger partial charge in [-0.2, -0.15) is 8.42 Å². The molecule has 0 radical (unpaired) electrons. The number of hydrogen-bond acceptors (Lipinski definition) is 3. The standard InChI is InChI=1S/C5H11ClO3S/c1-5(2)10(7,8)9-4-3-6/h5H,3-4H2,1-2H3. The molecule has 0 aromatic rings. The Kier molecular flexibility index (Phi) is 4.24. The minimum atomic E-state index is -3.34. The Morgan fingerprint density at radius 1 is 1.50 bits per heavy atom. The van der Waals surface area contributed by atoms with Gasteiger partial charge >= 0.3 is 0 Å². The first-order valence-corrected chi connectivity index (χ1v) is 4.95. The van der Waals surface area contributed by atoms with Crippen molar-refractivity contribution in [2.45, 2.75) is 19.1 Å². The first-order valence-electron chi connectivity index (χ1n) is 2.95. The van der Waals surface area contributed by atoms with Crippen LogP contribution < -0.4 is 0 Å². The molecule has 0 aliphatic heterocycles. The first-order chi connectivity index (χ1) is 4.50. The fourth-order valence-corrected chi connectivity index (χ4v) is 1.04. The van der Waals surface area contributed by atoms with E-state index in [-0.39, 0.29) is 12.5 Å². The summed E-state index contributed by atoms with van der Waals surface area (Å²) in [4.78, 5) is 0. The van der Waals surface area contributed by atoms with E-state index < -0.39 is 15.4 Å². The summed E-state index contributed by atoms with van der Waals surface area (Å²) in [5, 5.41) is -0.490. The van der Waals surface area contributed by atoms with Gasteiger partial charge in [0.25, 0.3) is 10.1 Å². The van der Waals surface area contributed by atoms with Gasteiger partial charge < -0.3 is 0 Å². The van der Waals surface area contributed by atoms with Crippen LogP contribution in [0, 0.1) is 0 Å². The summed E-state index contributed by atoms with van der Waals surface area (Å²) in [7, 11) is -3.34. The molecule has 0 N–H and O–H groups in total. The Labute approximate surface area is 66.5 Å². The molecule has 0 aromatic carbocycles. The van der Waals surface area contributed by atoms with Crippen molar-refractivity contribution in [3.63, 3.8) is 0 Å². The minimum absolute atomic E-state index is 0.0576. The van der Waals surface area contributed by atoms with Gasteiger partial charge in [-0.15, -0.1) is 11.6 Å². The molecule has 10 heavy (non-hydrogen) atoms. The lowest BCUT2D eigenvalue weighted by atomic mass is 10.6. The third-order valence-corrected chi connectivity index (χ3v) is 2.71. The summed E-state index contributed by atoms with van der Waals surface area (Å²) < 4.78 is 26.1.